The van der Waals surface area contributed by atoms with Gasteiger partial charge in [0, 0.05) is 55.1 Å². The van der Waals surface area contributed by atoms with E-state index in [0.29, 0.717) is 0 Å². The van der Waals surface area contributed by atoms with Crippen molar-refractivity contribution in [3.05, 3.63) is 194 Å². The second-order valence-electron chi connectivity index (χ2n) is 15.2. The van der Waals surface area contributed by atoms with Gasteiger partial charge in [0.05, 0.1) is 27.8 Å². The van der Waals surface area contributed by atoms with Gasteiger partial charge in [-0.15, -0.1) is 0 Å². The Morgan fingerprint density at radius 3 is 1.71 bits per heavy atom. The molecule has 59 heavy (non-hydrogen) atoms. The lowest BCUT2D eigenvalue weighted by molar-refractivity contribution is 0.666. The molecule has 0 saturated carbocycles. The van der Waals surface area contributed by atoms with Crippen LogP contribution in [-0.2, 0) is 0 Å². The smallest absolute Gasteiger partial charge is 0.159 e. The van der Waals surface area contributed by atoms with Crippen LogP contribution in [0, 0.1) is 0 Å². The monoisotopic (exact) mass is 756 g/mol. The minimum Gasteiger partial charge on any atom is -0.456 e. The van der Waals surface area contributed by atoms with Crippen molar-refractivity contribution >= 4 is 105 Å². The number of fused-ring (bicyclic) bond motifs is 12. The number of aromatic nitrogens is 1. The van der Waals surface area contributed by atoms with E-state index in [1.165, 1.54) is 10.8 Å². The van der Waals surface area contributed by atoms with Crippen molar-refractivity contribution in [3.63, 3.8) is 0 Å². The zero-order valence-corrected chi connectivity index (χ0v) is 31.6. The van der Waals surface area contributed by atoms with Crippen LogP contribution in [0.3, 0.4) is 0 Å². The number of anilines is 3. The lowest BCUT2D eigenvalue weighted by atomic mass is 10.0. The topological polar surface area (TPSA) is 47.6 Å². The van der Waals surface area contributed by atoms with Crippen molar-refractivity contribution in [1.29, 1.82) is 0 Å². The van der Waals surface area contributed by atoms with Crippen molar-refractivity contribution in [2.24, 2.45) is 0 Å². The molecule has 0 fully saturated rings. The molecule has 4 aromatic heterocycles. The average Bonchev–Trinajstić information content (AvgIpc) is 4.05. The minimum atomic E-state index is 0.817. The molecule has 0 amide bonds. The predicted octanol–water partition coefficient (Wildman–Crippen LogP) is 15.6. The van der Waals surface area contributed by atoms with Gasteiger partial charge >= 0.3 is 0 Å². The molecular weight excluding hydrogens is 725 g/mol. The van der Waals surface area contributed by atoms with E-state index in [0.717, 1.165) is 111 Å². The lowest BCUT2D eigenvalue weighted by Crippen LogP contribution is -2.10. The fraction of sp³-hybridized carbons (Fsp3) is 0. The number of benzene rings is 9. The first kappa shape index (κ1) is 32.1. The Balaban J connectivity index is 0.997. The molecule has 5 nitrogen and oxygen atoms in total. The lowest BCUT2D eigenvalue weighted by Gasteiger charge is -2.26. The van der Waals surface area contributed by atoms with Crippen LogP contribution in [0.1, 0.15) is 0 Å². The van der Waals surface area contributed by atoms with Crippen LogP contribution in [0.5, 0.6) is 0 Å². The standard InChI is InChI=1S/C54H32N2O3/c1-5-16-44-37(11-1)38-12-2-6-17-45(38)56(44)47-19-9-15-41-40-29-28-36(32-52(40)59-54(41)47)55(46-18-10-22-51-53(46)42-14-4-8-21-49(42)58-51)35-26-23-33(24-27-35)34-25-30-50-43(31-34)39-13-3-7-20-48(39)57-50/h1-32H. The van der Waals surface area contributed by atoms with Crippen LogP contribution in [-0.4, -0.2) is 4.57 Å². The van der Waals surface area contributed by atoms with E-state index in [1.54, 1.807) is 0 Å². The average molecular weight is 757 g/mol. The maximum absolute atomic E-state index is 6.97. The molecule has 0 saturated heterocycles. The highest BCUT2D eigenvalue weighted by molar-refractivity contribution is 6.15. The van der Waals surface area contributed by atoms with E-state index < -0.39 is 0 Å². The van der Waals surface area contributed by atoms with E-state index in [2.05, 4.69) is 179 Å². The SMILES string of the molecule is c1ccc2c(c1)oc1ccc(-c3ccc(N(c4ccc5c(c4)oc4c(-n6c7ccccc7c7ccccc76)cccc45)c4cccc5oc6ccccc6c45)cc3)cc12. The van der Waals surface area contributed by atoms with Gasteiger partial charge in [-0.3, -0.25) is 0 Å². The molecule has 276 valence electrons. The molecule has 5 heteroatoms. The molecule has 9 aromatic carbocycles. The number of furan rings is 3. The van der Waals surface area contributed by atoms with Gasteiger partial charge in [0.25, 0.3) is 0 Å². The summed E-state index contributed by atoms with van der Waals surface area (Å²) in [5, 5.41) is 8.94. The third kappa shape index (κ3) is 4.73. The maximum atomic E-state index is 6.97. The summed E-state index contributed by atoms with van der Waals surface area (Å²) >= 11 is 0. The van der Waals surface area contributed by atoms with Crippen molar-refractivity contribution in [2.45, 2.75) is 0 Å². The van der Waals surface area contributed by atoms with Gasteiger partial charge in [-0.25, -0.2) is 0 Å². The highest BCUT2D eigenvalue weighted by Gasteiger charge is 2.22. The van der Waals surface area contributed by atoms with Gasteiger partial charge in [0.1, 0.15) is 27.9 Å². The van der Waals surface area contributed by atoms with Gasteiger partial charge < -0.3 is 22.7 Å². The quantitative estimate of drug-likeness (QED) is 0.175. The molecular formula is C54H32N2O3. The summed E-state index contributed by atoms with van der Waals surface area (Å²) < 4.78 is 21.9. The molecule has 0 N–H and O–H groups in total. The van der Waals surface area contributed by atoms with E-state index >= 15 is 0 Å². The summed E-state index contributed by atoms with van der Waals surface area (Å²) in [6.45, 7) is 0. The summed E-state index contributed by atoms with van der Waals surface area (Å²) in [6, 6.07) is 68.3. The van der Waals surface area contributed by atoms with Gasteiger partial charge in [-0.05, 0) is 90.0 Å². The van der Waals surface area contributed by atoms with Gasteiger partial charge in [-0.2, -0.15) is 0 Å². The van der Waals surface area contributed by atoms with Crippen LogP contribution in [0.2, 0.25) is 0 Å². The first-order valence-corrected chi connectivity index (χ1v) is 19.9. The molecule has 4 heterocycles. The summed E-state index contributed by atoms with van der Waals surface area (Å²) in [6.07, 6.45) is 0. The summed E-state index contributed by atoms with van der Waals surface area (Å²) in [5.41, 5.74) is 13.7. The summed E-state index contributed by atoms with van der Waals surface area (Å²) in [4.78, 5) is 2.32. The molecule has 13 rings (SSSR count). The van der Waals surface area contributed by atoms with Crippen LogP contribution < -0.4 is 4.90 Å². The zero-order chi connectivity index (χ0) is 38.6. The molecule has 0 aliphatic rings. The second kappa shape index (κ2) is 12.2. The van der Waals surface area contributed by atoms with Crippen LogP contribution >= 0.6 is 0 Å². The van der Waals surface area contributed by atoms with E-state index in [4.69, 9.17) is 13.3 Å². The first-order valence-electron chi connectivity index (χ1n) is 19.9. The van der Waals surface area contributed by atoms with Crippen molar-refractivity contribution < 1.29 is 13.3 Å². The van der Waals surface area contributed by atoms with E-state index in [1.807, 2.05) is 24.3 Å². The fourth-order valence-electron chi connectivity index (χ4n) is 9.35. The van der Waals surface area contributed by atoms with Gasteiger partial charge in [0.2, 0.25) is 0 Å². The maximum Gasteiger partial charge on any atom is 0.159 e. The van der Waals surface area contributed by atoms with E-state index in [-0.39, 0.29) is 0 Å². The largest absolute Gasteiger partial charge is 0.456 e. The fourth-order valence-corrected chi connectivity index (χ4v) is 9.35. The molecule has 0 atom stereocenters. The molecule has 13 aromatic rings. The van der Waals surface area contributed by atoms with Crippen molar-refractivity contribution in [2.75, 3.05) is 4.90 Å². The highest BCUT2D eigenvalue weighted by atomic mass is 16.3. The Morgan fingerprint density at radius 2 is 0.915 bits per heavy atom. The molecule has 0 aliphatic heterocycles. The Bertz CT molecular complexity index is 3750. The number of hydrogen-bond acceptors (Lipinski definition) is 4. The zero-order valence-electron chi connectivity index (χ0n) is 31.6. The van der Waals surface area contributed by atoms with Crippen molar-refractivity contribution in [3.8, 4) is 16.8 Å². The van der Waals surface area contributed by atoms with Crippen LogP contribution in [0.15, 0.2) is 207 Å². The Hall–Kier alpha value is -8.02. The molecule has 0 spiro atoms. The van der Waals surface area contributed by atoms with Gasteiger partial charge in [-0.1, -0.05) is 109 Å². The predicted molar refractivity (Wildman–Crippen MR) is 243 cm³/mol. The first-order chi connectivity index (χ1) is 29.2. The van der Waals surface area contributed by atoms with Crippen LogP contribution in [0.4, 0.5) is 17.1 Å². The molecule has 0 unspecified atom stereocenters. The van der Waals surface area contributed by atoms with E-state index in [9.17, 15) is 0 Å². The van der Waals surface area contributed by atoms with Crippen molar-refractivity contribution in [1.82, 2.24) is 4.57 Å². The Labute approximate surface area is 337 Å². The molecule has 0 radical (unpaired) electrons. The number of hydrogen-bond donors (Lipinski definition) is 0. The highest BCUT2D eigenvalue weighted by Crippen LogP contribution is 2.45. The Morgan fingerprint density at radius 1 is 0.339 bits per heavy atom. The van der Waals surface area contributed by atoms with Crippen LogP contribution in [0.25, 0.3) is 104 Å². The number of nitrogens with zero attached hydrogens (tertiary/aromatic N) is 2. The molecule has 0 bridgehead atoms. The summed E-state index contributed by atoms with van der Waals surface area (Å²) in [5.74, 6) is 0. The normalized spacial score (nSPS) is 12.1. The number of para-hydroxylation sites is 5. The minimum absolute atomic E-state index is 0.817. The third-order valence-corrected chi connectivity index (χ3v) is 12.0. The third-order valence-electron chi connectivity index (χ3n) is 12.0. The Kier molecular flexibility index (Phi) is 6.66. The van der Waals surface area contributed by atoms with Gasteiger partial charge in [0.15, 0.2) is 5.58 Å². The number of rotatable bonds is 5. The summed E-state index contributed by atoms with van der Waals surface area (Å²) in [7, 11) is 0. The second-order valence-corrected chi connectivity index (χ2v) is 15.2. The molecule has 0 aliphatic carbocycles.